The van der Waals surface area contributed by atoms with Gasteiger partial charge in [0.25, 0.3) is 5.91 Å². The van der Waals surface area contributed by atoms with Crippen LogP contribution in [0.4, 0.5) is 5.69 Å². The van der Waals surface area contributed by atoms with E-state index in [1.165, 1.54) is 0 Å². The highest BCUT2D eigenvalue weighted by atomic mass is 79.9. The standard InChI is InChI=1S/C13H8BrCl2NOS/c14-12-2-1-10(19)6-11(12)13(18)17-9-4-7(15)3-8(16)5-9/h1-6,19H,(H,17,18). The van der Waals surface area contributed by atoms with Crippen LogP contribution in [0.2, 0.25) is 10.0 Å². The number of hydrogen-bond donors (Lipinski definition) is 2. The van der Waals surface area contributed by atoms with E-state index in [2.05, 4.69) is 33.9 Å². The van der Waals surface area contributed by atoms with Gasteiger partial charge in [-0.25, -0.2) is 0 Å². The molecule has 0 bridgehead atoms. The van der Waals surface area contributed by atoms with Crippen LogP contribution in [0, 0.1) is 0 Å². The summed E-state index contributed by atoms with van der Waals surface area (Å²) in [6, 6.07) is 10.1. The SMILES string of the molecule is O=C(Nc1cc(Cl)cc(Cl)c1)c1cc(S)ccc1Br. The second kappa shape index (κ2) is 6.18. The van der Waals surface area contributed by atoms with E-state index in [1.807, 2.05) is 0 Å². The number of carbonyl (C=O) groups is 1. The van der Waals surface area contributed by atoms with Gasteiger partial charge < -0.3 is 5.32 Å². The Labute approximate surface area is 134 Å². The molecule has 0 heterocycles. The minimum Gasteiger partial charge on any atom is -0.322 e. The number of benzene rings is 2. The van der Waals surface area contributed by atoms with E-state index in [4.69, 9.17) is 23.2 Å². The summed E-state index contributed by atoms with van der Waals surface area (Å²) in [5.74, 6) is -0.263. The molecule has 2 aromatic rings. The highest BCUT2D eigenvalue weighted by Gasteiger charge is 2.11. The molecule has 1 amide bonds. The molecule has 0 aliphatic carbocycles. The van der Waals surface area contributed by atoms with Crippen LogP contribution in [0.15, 0.2) is 45.8 Å². The Balaban J connectivity index is 2.28. The number of rotatable bonds is 2. The third-order valence-corrected chi connectivity index (χ3v) is 3.72. The predicted octanol–water partition coefficient (Wildman–Crippen LogP) is 5.30. The highest BCUT2D eigenvalue weighted by Crippen LogP contribution is 2.25. The number of amides is 1. The van der Waals surface area contributed by atoms with E-state index >= 15 is 0 Å². The van der Waals surface area contributed by atoms with E-state index in [9.17, 15) is 4.79 Å². The smallest absolute Gasteiger partial charge is 0.256 e. The molecule has 0 aromatic heterocycles. The van der Waals surface area contributed by atoms with Gasteiger partial charge in [-0.05, 0) is 52.3 Å². The van der Waals surface area contributed by atoms with Crippen LogP contribution in [-0.2, 0) is 0 Å². The summed E-state index contributed by atoms with van der Waals surface area (Å²) >= 11 is 19.3. The largest absolute Gasteiger partial charge is 0.322 e. The molecule has 0 radical (unpaired) electrons. The molecule has 1 N–H and O–H groups in total. The maximum Gasteiger partial charge on any atom is 0.256 e. The van der Waals surface area contributed by atoms with Crippen molar-refractivity contribution in [2.45, 2.75) is 4.90 Å². The minimum atomic E-state index is -0.263. The number of thiol groups is 1. The molecule has 0 aliphatic heterocycles. The van der Waals surface area contributed by atoms with Crippen molar-refractivity contribution in [2.75, 3.05) is 5.32 Å². The number of halogens is 3. The first kappa shape index (κ1) is 14.7. The van der Waals surface area contributed by atoms with Crippen molar-refractivity contribution in [1.29, 1.82) is 0 Å². The molecule has 0 saturated heterocycles. The second-order valence-electron chi connectivity index (χ2n) is 3.78. The van der Waals surface area contributed by atoms with Gasteiger partial charge in [0.05, 0.1) is 5.56 Å². The van der Waals surface area contributed by atoms with Gasteiger partial charge in [-0.1, -0.05) is 23.2 Å². The van der Waals surface area contributed by atoms with Gasteiger partial charge in [0.15, 0.2) is 0 Å². The summed E-state index contributed by atoms with van der Waals surface area (Å²) in [7, 11) is 0. The maximum atomic E-state index is 12.1. The predicted molar refractivity (Wildman–Crippen MR) is 85.8 cm³/mol. The fourth-order valence-electron chi connectivity index (χ4n) is 1.51. The van der Waals surface area contributed by atoms with Crippen LogP contribution in [-0.4, -0.2) is 5.91 Å². The lowest BCUT2D eigenvalue weighted by Gasteiger charge is -2.08. The molecule has 0 aliphatic rings. The van der Waals surface area contributed by atoms with Crippen LogP contribution < -0.4 is 5.32 Å². The number of carbonyl (C=O) groups excluding carboxylic acids is 1. The van der Waals surface area contributed by atoms with Gasteiger partial charge in [-0.15, -0.1) is 12.6 Å². The van der Waals surface area contributed by atoms with Gasteiger partial charge in [-0.2, -0.15) is 0 Å². The monoisotopic (exact) mass is 375 g/mol. The van der Waals surface area contributed by atoms with E-state index in [-0.39, 0.29) is 5.91 Å². The third-order valence-electron chi connectivity index (χ3n) is 2.31. The summed E-state index contributed by atoms with van der Waals surface area (Å²) in [6.45, 7) is 0. The van der Waals surface area contributed by atoms with Crippen molar-refractivity contribution in [2.24, 2.45) is 0 Å². The lowest BCUT2D eigenvalue weighted by atomic mass is 10.2. The van der Waals surface area contributed by atoms with Crippen molar-refractivity contribution in [3.63, 3.8) is 0 Å². The molecular formula is C13H8BrCl2NOS. The topological polar surface area (TPSA) is 29.1 Å². The minimum absolute atomic E-state index is 0.263. The summed E-state index contributed by atoms with van der Waals surface area (Å²) in [4.78, 5) is 12.9. The van der Waals surface area contributed by atoms with Gasteiger partial charge in [-0.3, -0.25) is 4.79 Å². The molecule has 6 heteroatoms. The highest BCUT2D eigenvalue weighted by molar-refractivity contribution is 9.10. The summed E-state index contributed by atoms with van der Waals surface area (Å²) in [5, 5.41) is 3.66. The zero-order chi connectivity index (χ0) is 14.0. The normalized spacial score (nSPS) is 10.3. The quantitative estimate of drug-likeness (QED) is 0.684. The number of nitrogens with one attached hydrogen (secondary N) is 1. The fourth-order valence-corrected chi connectivity index (χ4v) is 2.67. The van der Waals surface area contributed by atoms with E-state index < -0.39 is 0 Å². The molecule has 98 valence electrons. The Morgan fingerprint density at radius 3 is 2.37 bits per heavy atom. The molecule has 0 unspecified atom stereocenters. The van der Waals surface area contributed by atoms with Crippen molar-refractivity contribution in [3.05, 3.63) is 56.5 Å². The average Bonchev–Trinajstić information content (AvgIpc) is 2.30. The second-order valence-corrected chi connectivity index (χ2v) is 6.02. The Morgan fingerprint density at radius 1 is 1.11 bits per heavy atom. The molecule has 2 rings (SSSR count). The Hall–Kier alpha value is -0.680. The van der Waals surface area contributed by atoms with Gasteiger partial charge >= 0.3 is 0 Å². The van der Waals surface area contributed by atoms with E-state index in [0.29, 0.717) is 30.7 Å². The van der Waals surface area contributed by atoms with Crippen molar-refractivity contribution in [1.82, 2.24) is 0 Å². The zero-order valence-corrected chi connectivity index (χ0v) is 13.4. The van der Waals surface area contributed by atoms with E-state index in [0.717, 1.165) is 0 Å². The molecule has 0 fully saturated rings. The summed E-state index contributed by atoms with van der Waals surface area (Å²) in [5.41, 5.74) is 1.03. The molecule has 19 heavy (non-hydrogen) atoms. The molecular weight excluding hydrogens is 369 g/mol. The Morgan fingerprint density at radius 2 is 1.74 bits per heavy atom. The van der Waals surface area contributed by atoms with Crippen LogP contribution in [0.1, 0.15) is 10.4 Å². The Kier molecular flexibility index (Phi) is 4.79. The molecule has 2 aromatic carbocycles. The first-order valence-electron chi connectivity index (χ1n) is 5.21. The summed E-state index contributed by atoms with van der Waals surface area (Å²) in [6.07, 6.45) is 0. The molecule has 0 spiro atoms. The first-order valence-corrected chi connectivity index (χ1v) is 7.21. The van der Waals surface area contributed by atoms with Crippen LogP contribution in [0.25, 0.3) is 0 Å². The third kappa shape index (κ3) is 3.89. The average molecular weight is 377 g/mol. The Bertz CT molecular complexity index is 628. The van der Waals surface area contributed by atoms with Crippen molar-refractivity contribution >= 4 is 63.4 Å². The number of hydrogen-bond acceptors (Lipinski definition) is 2. The fraction of sp³-hybridized carbons (Fsp3) is 0. The van der Waals surface area contributed by atoms with Crippen LogP contribution in [0.3, 0.4) is 0 Å². The van der Waals surface area contributed by atoms with Crippen LogP contribution >= 0.6 is 51.8 Å². The number of anilines is 1. The summed E-state index contributed by atoms with van der Waals surface area (Å²) < 4.78 is 0.691. The molecule has 2 nitrogen and oxygen atoms in total. The van der Waals surface area contributed by atoms with Crippen molar-refractivity contribution < 1.29 is 4.79 Å². The van der Waals surface area contributed by atoms with Gasteiger partial charge in [0, 0.05) is 25.1 Å². The van der Waals surface area contributed by atoms with Gasteiger partial charge in [0.1, 0.15) is 0 Å². The van der Waals surface area contributed by atoms with Crippen molar-refractivity contribution in [3.8, 4) is 0 Å². The van der Waals surface area contributed by atoms with Crippen LogP contribution in [0.5, 0.6) is 0 Å². The zero-order valence-electron chi connectivity index (χ0n) is 9.45. The lowest BCUT2D eigenvalue weighted by Crippen LogP contribution is -2.12. The van der Waals surface area contributed by atoms with E-state index in [1.54, 1.807) is 36.4 Å². The van der Waals surface area contributed by atoms with Gasteiger partial charge in [0.2, 0.25) is 0 Å². The maximum absolute atomic E-state index is 12.1. The first-order chi connectivity index (χ1) is 8.95. The lowest BCUT2D eigenvalue weighted by molar-refractivity contribution is 0.102. The molecule has 0 atom stereocenters. The molecule has 0 saturated carbocycles.